The molecule has 0 radical (unpaired) electrons. The minimum Gasteiger partial charge on any atom is -0.502 e. The van der Waals surface area contributed by atoms with E-state index >= 15 is 0 Å². The fourth-order valence-corrected chi connectivity index (χ4v) is 4.91. The first kappa shape index (κ1) is 26.5. The Kier molecular flexibility index (Phi) is 9.11. The Bertz CT molecular complexity index is 1260. The van der Waals surface area contributed by atoms with Gasteiger partial charge in [0, 0.05) is 11.0 Å². The van der Waals surface area contributed by atoms with Gasteiger partial charge in [0.1, 0.15) is 11.5 Å². The van der Waals surface area contributed by atoms with Gasteiger partial charge in [-0.25, -0.2) is 0 Å². The summed E-state index contributed by atoms with van der Waals surface area (Å²) in [6.45, 7) is 0. The predicted molar refractivity (Wildman–Crippen MR) is 135 cm³/mol. The minimum absolute atomic E-state index is 0.0386. The maximum Gasteiger partial charge on any atom is 0.306 e. The topological polar surface area (TPSA) is 104 Å². The molecular weight excluding hydrogens is 540 g/mol. The molecule has 3 rings (SSSR count). The molecule has 1 aromatic heterocycles. The molecule has 186 valence electrons. The van der Waals surface area contributed by atoms with E-state index in [1.165, 1.54) is 39.2 Å². The van der Waals surface area contributed by atoms with Crippen LogP contribution < -0.4 is 19.6 Å². The van der Waals surface area contributed by atoms with Crippen LogP contribution in [0, 0.1) is 0 Å². The Balaban J connectivity index is 2.04. The Morgan fingerprint density at radius 2 is 1.86 bits per heavy atom. The number of halogens is 1. The number of carbonyl (C=O) groups is 1. The van der Waals surface area contributed by atoms with E-state index in [2.05, 4.69) is 15.9 Å². The van der Waals surface area contributed by atoms with Gasteiger partial charge in [-0.05, 0) is 51.8 Å². The summed E-state index contributed by atoms with van der Waals surface area (Å²) in [6.07, 6.45) is -0.179. The largest absolute Gasteiger partial charge is 0.502 e. The molecule has 8 nitrogen and oxygen atoms in total. The standard InChI is InChI=1S/C25H25BrO8S/c1-30-15-6-5-7-17(10-15)35-13-16-11-20(27)23(29)24(34-16)18(12-22(28)32-3)14-8-19(26)25(33-4)21(9-14)31-2/h5-11,18,29H,12-13H2,1-4H3. The summed E-state index contributed by atoms with van der Waals surface area (Å²) in [7, 11) is 5.84. The van der Waals surface area contributed by atoms with Gasteiger partial charge in [0.05, 0.1) is 51.0 Å². The molecule has 1 N–H and O–H groups in total. The molecule has 1 unspecified atom stereocenters. The van der Waals surface area contributed by atoms with Crippen LogP contribution in [0.15, 0.2) is 61.0 Å². The van der Waals surface area contributed by atoms with Crippen LogP contribution >= 0.6 is 27.7 Å². The fraction of sp³-hybridized carbons (Fsp3) is 0.280. The number of carbonyl (C=O) groups excluding carboxylic acids is 1. The molecule has 2 aromatic carbocycles. The van der Waals surface area contributed by atoms with Gasteiger partial charge in [-0.2, -0.15) is 0 Å². The van der Waals surface area contributed by atoms with Crippen molar-refractivity contribution in [2.75, 3.05) is 28.4 Å². The highest BCUT2D eigenvalue weighted by molar-refractivity contribution is 9.10. The van der Waals surface area contributed by atoms with Crippen molar-refractivity contribution in [2.45, 2.75) is 23.0 Å². The molecule has 0 saturated carbocycles. The number of hydrogen-bond acceptors (Lipinski definition) is 9. The first-order valence-corrected chi connectivity index (χ1v) is 12.2. The summed E-state index contributed by atoms with van der Waals surface area (Å²) >= 11 is 4.88. The summed E-state index contributed by atoms with van der Waals surface area (Å²) in [4.78, 5) is 25.8. The number of thioether (sulfide) groups is 1. The summed E-state index contributed by atoms with van der Waals surface area (Å²) < 4.78 is 27.5. The van der Waals surface area contributed by atoms with Gasteiger partial charge in [0.25, 0.3) is 0 Å². The van der Waals surface area contributed by atoms with Crippen molar-refractivity contribution in [3.63, 3.8) is 0 Å². The van der Waals surface area contributed by atoms with E-state index in [0.717, 1.165) is 4.90 Å². The van der Waals surface area contributed by atoms with Crippen molar-refractivity contribution < 1.29 is 33.3 Å². The van der Waals surface area contributed by atoms with E-state index in [0.29, 0.717) is 38.8 Å². The van der Waals surface area contributed by atoms with Gasteiger partial charge in [-0.3, -0.25) is 9.59 Å². The zero-order valence-electron chi connectivity index (χ0n) is 19.6. The van der Waals surface area contributed by atoms with Crippen molar-refractivity contribution in [3.8, 4) is 23.0 Å². The predicted octanol–water partition coefficient (Wildman–Crippen LogP) is 5.12. The number of rotatable bonds is 10. The fourth-order valence-electron chi connectivity index (χ4n) is 3.46. The molecule has 3 aromatic rings. The highest BCUT2D eigenvalue weighted by Gasteiger charge is 2.28. The molecule has 0 spiro atoms. The van der Waals surface area contributed by atoms with Gasteiger partial charge in [-0.15, -0.1) is 11.8 Å². The highest BCUT2D eigenvalue weighted by atomic mass is 79.9. The van der Waals surface area contributed by atoms with Crippen LogP contribution in [0.25, 0.3) is 0 Å². The second kappa shape index (κ2) is 12.0. The quantitative estimate of drug-likeness (QED) is 0.265. The molecule has 35 heavy (non-hydrogen) atoms. The van der Waals surface area contributed by atoms with E-state index in [-0.39, 0.29) is 12.2 Å². The molecule has 0 bridgehead atoms. The Hall–Kier alpha value is -3.11. The molecule has 0 aliphatic carbocycles. The molecule has 0 saturated heterocycles. The molecule has 0 aliphatic rings. The lowest BCUT2D eigenvalue weighted by Gasteiger charge is -2.20. The van der Waals surface area contributed by atoms with Crippen molar-refractivity contribution in [1.29, 1.82) is 0 Å². The van der Waals surface area contributed by atoms with Crippen molar-refractivity contribution in [3.05, 3.63) is 74.2 Å². The van der Waals surface area contributed by atoms with E-state index in [4.69, 9.17) is 23.4 Å². The number of hydrogen-bond donors (Lipinski definition) is 1. The van der Waals surface area contributed by atoms with E-state index in [1.54, 1.807) is 19.2 Å². The zero-order valence-corrected chi connectivity index (χ0v) is 22.0. The maximum atomic E-state index is 12.6. The first-order chi connectivity index (χ1) is 16.8. The van der Waals surface area contributed by atoms with Gasteiger partial charge in [0.15, 0.2) is 17.3 Å². The Morgan fingerprint density at radius 1 is 1.09 bits per heavy atom. The van der Waals surface area contributed by atoms with Crippen LogP contribution in [0.4, 0.5) is 0 Å². The number of benzene rings is 2. The third kappa shape index (κ3) is 6.32. The smallest absolute Gasteiger partial charge is 0.306 e. The minimum atomic E-state index is -0.826. The van der Waals surface area contributed by atoms with Crippen LogP contribution in [0.5, 0.6) is 23.0 Å². The number of methoxy groups -OCH3 is 4. The van der Waals surface area contributed by atoms with E-state index < -0.39 is 23.1 Å². The van der Waals surface area contributed by atoms with Gasteiger partial charge >= 0.3 is 5.97 Å². The van der Waals surface area contributed by atoms with Crippen LogP contribution in [0.2, 0.25) is 0 Å². The lowest BCUT2D eigenvalue weighted by molar-refractivity contribution is -0.140. The van der Waals surface area contributed by atoms with E-state index in [1.807, 2.05) is 24.3 Å². The van der Waals surface area contributed by atoms with Gasteiger partial charge < -0.3 is 28.5 Å². The number of ether oxygens (including phenoxy) is 4. The van der Waals surface area contributed by atoms with E-state index in [9.17, 15) is 14.7 Å². The second-order valence-electron chi connectivity index (χ2n) is 7.33. The van der Waals surface area contributed by atoms with Crippen LogP contribution in [0.1, 0.15) is 29.4 Å². The Labute approximate surface area is 215 Å². The average Bonchev–Trinajstić information content (AvgIpc) is 2.87. The molecule has 10 heteroatoms. The van der Waals surface area contributed by atoms with Crippen molar-refractivity contribution >= 4 is 33.7 Å². The Morgan fingerprint density at radius 3 is 2.51 bits per heavy atom. The third-order valence-corrected chi connectivity index (χ3v) is 6.80. The number of aromatic hydroxyl groups is 1. The molecule has 1 heterocycles. The van der Waals surface area contributed by atoms with Crippen LogP contribution in [-0.2, 0) is 15.3 Å². The van der Waals surface area contributed by atoms with Gasteiger partial charge in [-0.1, -0.05) is 6.07 Å². The maximum absolute atomic E-state index is 12.6. The SMILES string of the molecule is COC(=O)CC(c1cc(Br)c(OC)c(OC)c1)c1oc(CSc2cccc(OC)c2)cc(=O)c1O. The van der Waals surface area contributed by atoms with Gasteiger partial charge in [0.2, 0.25) is 11.2 Å². The normalized spacial score (nSPS) is 11.6. The number of esters is 1. The van der Waals surface area contributed by atoms with Crippen molar-refractivity contribution in [1.82, 2.24) is 0 Å². The van der Waals surface area contributed by atoms with Crippen molar-refractivity contribution in [2.24, 2.45) is 0 Å². The molecular formula is C25H25BrO8S. The monoisotopic (exact) mass is 564 g/mol. The summed E-state index contributed by atoms with van der Waals surface area (Å²) in [5.41, 5.74) is -0.0575. The average molecular weight is 565 g/mol. The molecule has 0 aliphatic heterocycles. The molecule has 0 amide bonds. The zero-order chi connectivity index (χ0) is 25.5. The summed E-state index contributed by atoms with van der Waals surface area (Å²) in [5.74, 6) is 0.247. The highest BCUT2D eigenvalue weighted by Crippen LogP contribution is 2.42. The lowest BCUT2D eigenvalue weighted by Crippen LogP contribution is -2.14. The molecule has 0 fully saturated rings. The third-order valence-electron chi connectivity index (χ3n) is 5.20. The lowest BCUT2D eigenvalue weighted by atomic mass is 9.92. The summed E-state index contributed by atoms with van der Waals surface area (Å²) in [6, 6.07) is 12.1. The molecule has 1 atom stereocenters. The first-order valence-electron chi connectivity index (χ1n) is 10.4. The van der Waals surface area contributed by atoms with Crippen LogP contribution in [-0.4, -0.2) is 39.5 Å². The van der Waals surface area contributed by atoms with Crippen LogP contribution in [0.3, 0.4) is 0 Å². The second-order valence-corrected chi connectivity index (χ2v) is 9.23. The summed E-state index contributed by atoms with van der Waals surface area (Å²) in [5, 5.41) is 10.6.